The van der Waals surface area contributed by atoms with E-state index in [4.69, 9.17) is 10.2 Å². The third kappa shape index (κ3) is 8.45. The van der Waals surface area contributed by atoms with Crippen molar-refractivity contribution in [1.82, 2.24) is 4.90 Å². The molecule has 0 fully saturated rings. The van der Waals surface area contributed by atoms with Crippen LogP contribution in [0, 0.1) is 0 Å². The summed E-state index contributed by atoms with van der Waals surface area (Å²) in [5.41, 5.74) is 0. The van der Waals surface area contributed by atoms with Crippen LogP contribution in [0.5, 0.6) is 0 Å². The van der Waals surface area contributed by atoms with Crippen molar-refractivity contribution in [3.8, 4) is 0 Å². The molecule has 0 saturated heterocycles. The molecule has 0 aromatic carbocycles. The van der Waals surface area contributed by atoms with E-state index in [1.54, 1.807) is 0 Å². The van der Waals surface area contributed by atoms with Crippen molar-refractivity contribution in [1.29, 1.82) is 0 Å². The monoisotopic (exact) mass is 243 g/mol. The van der Waals surface area contributed by atoms with E-state index >= 15 is 0 Å². The summed E-state index contributed by atoms with van der Waals surface area (Å²) in [6.07, 6.45) is 5.99. The zero-order valence-corrected chi connectivity index (χ0v) is 10.3. The van der Waals surface area contributed by atoms with E-state index in [-0.39, 0.29) is 19.1 Å². The number of nitrogens with zero attached hydrogens (tertiary/aromatic N) is 1. The minimum Gasteiger partial charge on any atom is -0.478 e. The minimum atomic E-state index is -1.15. The van der Waals surface area contributed by atoms with Crippen LogP contribution in [0.15, 0.2) is 12.2 Å². The lowest BCUT2D eigenvalue weighted by molar-refractivity contribution is -0.132. The Labute approximate surface area is 102 Å². The van der Waals surface area contributed by atoms with Crippen LogP contribution in [0.25, 0.3) is 0 Å². The van der Waals surface area contributed by atoms with Gasteiger partial charge in [0.05, 0.1) is 6.61 Å². The van der Waals surface area contributed by atoms with Crippen LogP contribution in [-0.2, 0) is 9.59 Å². The first-order valence-corrected chi connectivity index (χ1v) is 5.92. The van der Waals surface area contributed by atoms with Crippen LogP contribution in [0.1, 0.15) is 32.6 Å². The number of carboxylic acid groups (broad SMARTS) is 1. The van der Waals surface area contributed by atoms with Gasteiger partial charge in [0, 0.05) is 25.2 Å². The number of carbonyl (C=O) groups is 2. The molecule has 0 aromatic heterocycles. The molecule has 2 N–H and O–H groups in total. The van der Waals surface area contributed by atoms with Gasteiger partial charge in [-0.1, -0.05) is 26.2 Å². The van der Waals surface area contributed by atoms with Crippen LogP contribution >= 0.6 is 0 Å². The Bertz CT molecular complexity index is 263. The Morgan fingerprint density at radius 1 is 1.12 bits per heavy atom. The molecule has 0 bridgehead atoms. The number of amides is 1. The summed E-state index contributed by atoms with van der Waals surface area (Å²) in [6, 6.07) is 0. The average molecular weight is 243 g/mol. The molecule has 17 heavy (non-hydrogen) atoms. The SMILES string of the molecule is CCCCCCN(CCO)C(=O)/C=C/C(=O)O. The summed E-state index contributed by atoms with van der Waals surface area (Å²) >= 11 is 0. The number of aliphatic hydroxyl groups is 1. The fourth-order valence-electron chi connectivity index (χ4n) is 1.43. The highest BCUT2D eigenvalue weighted by Gasteiger charge is 2.09. The molecule has 0 unspecified atom stereocenters. The van der Waals surface area contributed by atoms with Crippen molar-refractivity contribution in [2.45, 2.75) is 32.6 Å². The zero-order valence-electron chi connectivity index (χ0n) is 10.3. The van der Waals surface area contributed by atoms with Crippen molar-refractivity contribution in [2.24, 2.45) is 0 Å². The van der Waals surface area contributed by atoms with Gasteiger partial charge in [-0.05, 0) is 6.42 Å². The van der Waals surface area contributed by atoms with E-state index in [1.807, 2.05) is 0 Å². The Balaban J connectivity index is 4.11. The highest BCUT2D eigenvalue weighted by Crippen LogP contribution is 2.02. The summed E-state index contributed by atoms with van der Waals surface area (Å²) in [5.74, 6) is -1.51. The van der Waals surface area contributed by atoms with Gasteiger partial charge in [-0.3, -0.25) is 4.79 Å². The number of carbonyl (C=O) groups excluding carboxylic acids is 1. The molecule has 0 rings (SSSR count). The van der Waals surface area contributed by atoms with Gasteiger partial charge >= 0.3 is 5.97 Å². The minimum absolute atomic E-state index is 0.111. The summed E-state index contributed by atoms with van der Waals surface area (Å²) < 4.78 is 0. The van der Waals surface area contributed by atoms with E-state index < -0.39 is 5.97 Å². The number of carboxylic acids is 1. The number of aliphatic hydroxyl groups excluding tert-OH is 1. The Kier molecular flexibility index (Phi) is 9.05. The summed E-state index contributed by atoms with van der Waals surface area (Å²) in [4.78, 5) is 23.3. The van der Waals surface area contributed by atoms with Crippen molar-refractivity contribution in [3.63, 3.8) is 0 Å². The smallest absolute Gasteiger partial charge is 0.328 e. The van der Waals surface area contributed by atoms with E-state index in [2.05, 4.69) is 6.92 Å². The maximum atomic E-state index is 11.6. The van der Waals surface area contributed by atoms with Crippen LogP contribution in [0.2, 0.25) is 0 Å². The molecule has 1 amide bonds. The van der Waals surface area contributed by atoms with Gasteiger partial charge in [0.1, 0.15) is 0 Å². The van der Waals surface area contributed by atoms with Gasteiger partial charge in [0.2, 0.25) is 5.91 Å². The standard InChI is InChI=1S/C12H21NO4/c1-2-3-4-5-8-13(9-10-14)11(15)6-7-12(16)17/h6-7,14H,2-5,8-10H2,1H3,(H,16,17)/b7-6+. The van der Waals surface area contributed by atoms with Crippen LogP contribution < -0.4 is 0 Å². The third-order valence-electron chi connectivity index (χ3n) is 2.33. The molecular formula is C12H21NO4. The average Bonchev–Trinajstić information content (AvgIpc) is 2.30. The van der Waals surface area contributed by atoms with E-state index in [0.29, 0.717) is 6.54 Å². The van der Waals surface area contributed by atoms with Crippen molar-refractivity contribution in [2.75, 3.05) is 19.7 Å². The predicted molar refractivity (Wildman–Crippen MR) is 64.6 cm³/mol. The lowest BCUT2D eigenvalue weighted by Crippen LogP contribution is -2.33. The van der Waals surface area contributed by atoms with Crippen LogP contribution in [0.4, 0.5) is 0 Å². The molecule has 0 aliphatic heterocycles. The number of rotatable bonds is 9. The quantitative estimate of drug-likeness (QED) is 0.468. The number of hydrogen-bond donors (Lipinski definition) is 2. The Morgan fingerprint density at radius 3 is 2.35 bits per heavy atom. The van der Waals surface area contributed by atoms with Gasteiger partial charge in [-0.15, -0.1) is 0 Å². The molecule has 98 valence electrons. The largest absolute Gasteiger partial charge is 0.478 e. The van der Waals surface area contributed by atoms with Crippen LogP contribution in [-0.4, -0.2) is 46.7 Å². The Morgan fingerprint density at radius 2 is 1.82 bits per heavy atom. The number of aliphatic carboxylic acids is 1. The highest BCUT2D eigenvalue weighted by molar-refractivity contribution is 5.93. The molecule has 5 heteroatoms. The van der Waals surface area contributed by atoms with Gasteiger partial charge < -0.3 is 15.1 Å². The summed E-state index contributed by atoms with van der Waals surface area (Å²) in [7, 11) is 0. The fourth-order valence-corrected chi connectivity index (χ4v) is 1.43. The summed E-state index contributed by atoms with van der Waals surface area (Å²) in [6.45, 7) is 2.80. The third-order valence-corrected chi connectivity index (χ3v) is 2.33. The molecule has 0 radical (unpaired) electrons. The highest BCUT2D eigenvalue weighted by atomic mass is 16.4. The maximum absolute atomic E-state index is 11.6. The van der Waals surface area contributed by atoms with Crippen molar-refractivity contribution >= 4 is 11.9 Å². The number of hydrogen-bond acceptors (Lipinski definition) is 3. The van der Waals surface area contributed by atoms with E-state index in [1.165, 1.54) is 4.90 Å². The first kappa shape index (κ1) is 15.6. The topological polar surface area (TPSA) is 77.8 Å². The normalized spacial score (nSPS) is 10.7. The Hall–Kier alpha value is -1.36. The predicted octanol–water partition coefficient (Wildman–Crippen LogP) is 1.03. The number of unbranched alkanes of at least 4 members (excludes halogenated alkanes) is 3. The molecule has 0 atom stereocenters. The summed E-state index contributed by atoms with van der Waals surface area (Å²) in [5, 5.41) is 17.2. The van der Waals surface area contributed by atoms with Crippen molar-refractivity contribution < 1.29 is 19.8 Å². The molecule has 0 spiro atoms. The first-order chi connectivity index (χ1) is 8.11. The van der Waals surface area contributed by atoms with Gasteiger partial charge in [0.15, 0.2) is 0 Å². The zero-order chi connectivity index (χ0) is 13.1. The molecular weight excluding hydrogens is 222 g/mol. The molecule has 0 aromatic rings. The second-order valence-corrected chi connectivity index (χ2v) is 3.78. The van der Waals surface area contributed by atoms with E-state index in [9.17, 15) is 9.59 Å². The molecule has 5 nitrogen and oxygen atoms in total. The van der Waals surface area contributed by atoms with Gasteiger partial charge in [-0.2, -0.15) is 0 Å². The van der Waals surface area contributed by atoms with Crippen LogP contribution in [0.3, 0.4) is 0 Å². The lowest BCUT2D eigenvalue weighted by Gasteiger charge is -2.19. The van der Waals surface area contributed by atoms with Gasteiger partial charge in [-0.25, -0.2) is 4.79 Å². The molecule has 0 saturated carbocycles. The molecule has 0 heterocycles. The van der Waals surface area contributed by atoms with Gasteiger partial charge in [0.25, 0.3) is 0 Å². The second-order valence-electron chi connectivity index (χ2n) is 3.78. The van der Waals surface area contributed by atoms with Crippen molar-refractivity contribution in [3.05, 3.63) is 12.2 Å². The first-order valence-electron chi connectivity index (χ1n) is 5.92. The maximum Gasteiger partial charge on any atom is 0.328 e. The molecule has 0 aliphatic rings. The fraction of sp³-hybridized carbons (Fsp3) is 0.667. The molecule has 0 aliphatic carbocycles. The second kappa shape index (κ2) is 9.84. The van der Waals surface area contributed by atoms with E-state index in [0.717, 1.165) is 37.8 Å². The lowest BCUT2D eigenvalue weighted by atomic mass is 10.2.